The van der Waals surface area contributed by atoms with Gasteiger partial charge in [-0.15, -0.1) is 0 Å². The molecule has 0 radical (unpaired) electrons. The Labute approximate surface area is 338 Å². The number of carbonyl (C=O) groups excluding carboxylic acids is 2. The molecule has 4 aromatic carbocycles. The number of benzene rings is 4. The summed E-state index contributed by atoms with van der Waals surface area (Å²) in [5.41, 5.74) is 2.37. The van der Waals surface area contributed by atoms with Gasteiger partial charge in [-0.3, -0.25) is 19.2 Å². The van der Waals surface area contributed by atoms with Crippen molar-refractivity contribution in [3.05, 3.63) is 140 Å². The molecule has 0 aliphatic carbocycles. The molecule has 11 heteroatoms. The van der Waals surface area contributed by atoms with Gasteiger partial charge in [0.05, 0.1) is 22.2 Å². The molecule has 53 heavy (non-hydrogen) atoms. The van der Waals surface area contributed by atoms with Gasteiger partial charge in [0.1, 0.15) is 0 Å². The van der Waals surface area contributed by atoms with Crippen LogP contribution in [0.15, 0.2) is 107 Å². The molecule has 0 fully saturated rings. The quantitative estimate of drug-likeness (QED) is 0.195. The first kappa shape index (κ1) is 40.9. The zero-order chi connectivity index (χ0) is 37.7. The summed E-state index contributed by atoms with van der Waals surface area (Å²) in [4.78, 5) is 54.8. The Kier molecular flexibility index (Phi) is 13.7. The summed E-state index contributed by atoms with van der Waals surface area (Å²) in [5.74, 6) is -2.09. The number of fused-ring (bicyclic) bond motifs is 2. The molecule has 0 saturated carbocycles. The number of amides is 2. The number of aromatic nitrogens is 2. The molecular formula is C42H42CaN4O6. The maximum Gasteiger partial charge on any atom is 2.00 e. The third-order valence-electron chi connectivity index (χ3n) is 9.37. The first-order valence-corrected chi connectivity index (χ1v) is 17.4. The number of pyridine rings is 2. The van der Waals surface area contributed by atoms with Gasteiger partial charge in [-0.25, -0.2) is 0 Å². The van der Waals surface area contributed by atoms with E-state index in [1.54, 1.807) is 50.5 Å². The van der Waals surface area contributed by atoms with E-state index in [0.717, 1.165) is 11.1 Å². The van der Waals surface area contributed by atoms with Crippen LogP contribution < -0.4 is 31.1 Å². The second kappa shape index (κ2) is 17.7. The van der Waals surface area contributed by atoms with Crippen LogP contribution in [0.3, 0.4) is 0 Å². The second-order valence-corrected chi connectivity index (χ2v) is 12.2. The van der Waals surface area contributed by atoms with Crippen molar-refractivity contribution in [2.45, 2.75) is 40.5 Å². The van der Waals surface area contributed by atoms with Gasteiger partial charge in [0.25, 0.3) is 22.9 Å². The molecule has 0 unspecified atom stereocenters. The number of hydrogen-bond acceptors (Lipinski definition) is 6. The van der Waals surface area contributed by atoms with Crippen LogP contribution in [-0.2, 0) is 26.9 Å². The summed E-state index contributed by atoms with van der Waals surface area (Å²) in [6.07, 6.45) is 1.29. The molecule has 0 N–H and O–H groups in total. The molecule has 6 aromatic rings. The summed E-state index contributed by atoms with van der Waals surface area (Å²) in [7, 11) is 3.19. The Morgan fingerprint density at radius 1 is 0.547 bits per heavy atom. The fraction of sp³-hybridized carbons (Fsp3) is 0.238. The van der Waals surface area contributed by atoms with Gasteiger partial charge in [-0.2, -0.15) is 0 Å². The maximum absolute atomic E-state index is 13.1. The largest absolute Gasteiger partial charge is 2.00 e. The van der Waals surface area contributed by atoms with Gasteiger partial charge in [0.2, 0.25) is 0 Å². The standard InChI is InChI=1S/2C21H22N2O3.Ca/c2*1-4-14-10-9-13-16-17(14)19(24)18(20(25)22(16)3)21(26)23(5-2)15-11-7-6-8-12-15;/h2*6-13,24H,4-5H2,1-3H3;/q;;+2/p-2. The second-order valence-electron chi connectivity index (χ2n) is 12.2. The normalized spacial score (nSPS) is 10.7. The summed E-state index contributed by atoms with van der Waals surface area (Å²) in [6, 6.07) is 28.9. The van der Waals surface area contributed by atoms with Gasteiger partial charge in [-0.05, 0) is 85.0 Å². The Balaban J connectivity index is 0.000000232. The number of rotatable bonds is 8. The zero-order valence-corrected chi connectivity index (χ0v) is 33.2. The Bertz CT molecular complexity index is 2220. The van der Waals surface area contributed by atoms with Crippen LogP contribution in [0.5, 0.6) is 11.5 Å². The monoisotopic (exact) mass is 738 g/mol. The summed E-state index contributed by atoms with van der Waals surface area (Å²) < 4.78 is 2.78. The van der Waals surface area contributed by atoms with Gasteiger partial charge >= 0.3 is 37.7 Å². The predicted molar refractivity (Wildman–Crippen MR) is 209 cm³/mol. The minimum absolute atomic E-state index is 0. The molecule has 0 atom stereocenters. The number of anilines is 2. The van der Waals surface area contributed by atoms with Crippen LogP contribution in [0, 0.1) is 0 Å². The molecule has 0 aliphatic rings. The average Bonchev–Trinajstić information content (AvgIpc) is 3.17. The van der Waals surface area contributed by atoms with E-state index in [1.165, 1.54) is 18.9 Å². The Hall–Kier alpha value is -4.90. The molecule has 2 aromatic heterocycles. The number of para-hydroxylation sites is 2. The van der Waals surface area contributed by atoms with Crippen molar-refractivity contribution in [2.24, 2.45) is 14.1 Å². The summed E-state index contributed by atoms with van der Waals surface area (Å²) in [6.45, 7) is 8.25. The smallest absolute Gasteiger partial charge is 0.871 e. The van der Waals surface area contributed by atoms with Crippen molar-refractivity contribution >= 4 is 82.7 Å². The van der Waals surface area contributed by atoms with E-state index >= 15 is 0 Å². The third-order valence-corrected chi connectivity index (χ3v) is 9.37. The number of carbonyl (C=O) groups is 2. The SMILES string of the molecule is CCc1cccc2c1c([O-])c(C(=O)N(CC)c1ccccc1)c(=O)n2C.CCc1cccc2c1c([O-])c(C(=O)N(CC)c1ccccc1)c(=O)n2C.[Ca+2]. The van der Waals surface area contributed by atoms with E-state index < -0.39 is 34.4 Å². The van der Waals surface area contributed by atoms with Crippen molar-refractivity contribution in [1.82, 2.24) is 9.13 Å². The molecule has 268 valence electrons. The van der Waals surface area contributed by atoms with Gasteiger partial charge in [0.15, 0.2) is 0 Å². The summed E-state index contributed by atoms with van der Waals surface area (Å²) in [5, 5.41) is 27.1. The Morgan fingerprint density at radius 2 is 0.887 bits per heavy atom. The number of aryl methyl sites for hydroxylation is 4. The average molecular weight is 739 g/mol. The topological polar surface area (TPSA) is 131 Å². The van der Waals surface area contributed by atoms with Crippen molar-refractivity contribution in [3.63, 3.8) is 0 Å². The minimum atomic E-state index is -0.560. The van der Waals surface area contributed by atoms with Crippen molar-refractivity contribution in [3.8, 4) is 11.5 Å². The molecule has 2 heterocycles. The zero-order valence-electron chi connectivity index (χ0n) is 31.0. The van der Waals surface area contributed by atoms with E-state index in [1.807, 2.05) is 88.4 Å². The van der Waals surface area contributed by atoms with Crippen LogP contribution in [0.1, 0.15) is 59.5 Å². The number of hydrogen-bond donors (Lipinski definition) is 0. The van der Waals surface area contributed by atoms with Gasteiger partial charge in [0, 0.05) is 38.6 Å². The predicted octanol–water partition coefficient (Wildman–Crippen LogP) is 5.30. The van der Waals surface area contributed by atoms with Crippen LogP contribution in [0.4, 0.5) is 11.4 Å². The molecule has 0 bridgehead atoms. The van der Waals surface area contributed by atoms with E-state index in [-0.39, 0.29) is 48.9 Å². The van der Waals surface area contributed by atoms with Crippen LogP contribution in [0.2, 0.25) is 0 Å². The van der Waals surface area contributed by atoms with Gasteiger partial charge in [-0.1, -0.05) is 86.0 Å². The van der Waals surface area contributed by atoms with E-state index in [4.69, 9.17) is 0 Å². The molecule has 0 saturated heterocycles. The van der Waals surface area contributed by atoms with Crippen molar-refractivity contribution in [2.75, 3.05) is 22.9 Å². The summed E-state index contributed by atoms with van der Waals surface area (Å²) >= 11 is 0. The van der Waals surface area contributed by atoms with Crippen molar-refractivity contribution < 1.29 is 19.8 Å². The molecule has 10 nitrogen and oxygen atoms in total. The van der Waals surface area contributed by atoms with Crippen molar-refractivity contribution in [1.29, 1.82) is 0 Å². The van der Waals surface area contributed by atoms with Crippen LogP contribution in [0.25, 0.3) is 21.8 Å². The minimum Gasteiger partial charge on any atom is -0.871 e. The fourth-order valence-corrected chi connectivity index (χ4v) is 6.59. The first-order valence-electron chi connectivity index (χ1n) is 17.4. The molecule has 0 spiro atoms. The molecule has 2 amide bonds. The first-order chi connectivity index (χ1) is 25.0. The third kappa shape index (κ3) is 7.76. The molecule has 0 aliphatic heterocycles. The van der Waals surface area contributed by atoms with Crippen LogP contribution >= 0.6 is 0 Å². The maximum atomic E-state index is 13.1. The Morgan fingerprint density at radius 3 is 1.19 bits per heavy atom. The van der Waals surface area contributed by atoms with E-state index in [9.17, 15) is 29.4 Å². The van der Waals surface area contributed by atoms with Gasteiger partial charge < -0.3 is 29.1 Å². The molecule has 6 rings (SSSR count). The molecular weight excluding hydrogens is 697 g/mol. The van der Waals surface area contributed by atoms with E-state index in [0.29, 0.717) is 59.1 Å². The fourth-order valence-electron chi connectivity index (χ4n) is 6.59. The number of nitrogens with zero attached hydrogens (tertiary/aromatic N) is 4. The van der Waals surface area contributed by atoms with Crippen LogP contribution in [-0.4, -0.2) is 71.8 Å². The van der Waals surface area contributed by atoms with E-state index in [2.05, 4.69) is 0 Å².